The van der Waals surface area contributed by atoms with Gasteiger partial charge in [-0.15, -0.1) is 0 Å². The highest BCUT2D eigenvalue weighted by Gasteiger charge is 2.31. The number of sulfone groups is 1. The zero-order valence-corrected chi connectivity index (χ0v) is 23.2. The van der Waals surface area contributed by atoms with Gasteiger partial charge in [-0.05, 0) is 75.3 Å². The minimum atomic E-state index is -3.22. The number of hydrogen-bond donors (Lipinski definition) is 4. The Balaban J connectivity index is 1.19. The van der Waals surface area contributed by atoms with Crippen LogP contribution in [-0.4, -0.2) is 60.3 Å². The molecule has 38 heavy (non-hydrogen) atoms. The van der Waals surface area contributed by atoms with Gasteiger partial charge in [0.15, 0.2) is 9.84 Å². The van der Waals surface area contributed by atoms with Crippen molar-refractivity contribution in [1.29, 1.82) is 0 Å². The molecule has 1 unspecified atom stereocenters. The molecule has 9 heteroatoms. The van der Waals surface area contributed by atoms with E-state index in [2.05, 4.69) is 10.3 Å². The third kappa shape index (κ3) is 9.31. The molecule has 8 nitrogen and oxygen atoms in total. The SMILES string of the molecule is O=S(=O)(c1ccccc1CCCCOCCCCCCNCC(O)c1ccc(O)c(CO)n1)C1CCCC1. The van der Waals surface area contributed by atoms with Crippen molar-refractivity contribution in [2.24, 2.45) is 0 Å². The van der Waals surface area contributed by atoms with Crippen molar-refractivity contribution in [1.82, 2.24) is 10.3 Å². The molecule has 1 aliphatic rings. The summed E-state index contributed by atoms with van der Waals surface area (Å²) in [6.45, 7) is 2.22. The highest BCUT2D eigenvalue weighted by atomic mass is 32.2. The number of unbranched alkanes of at least 4 members (excludes halogenated alkanes) is 4. The third-order valence-corrected chi connectivity index (χ3v) is 9.56. The Morgan fingerprint density at radius 2 is 1.68 bits per heavy atom. The molecule has 212 valence electrons. The largest absolute Gasteiger partial charge is 0.506 e. The summed E-state index contributed by atoms with van der Waals surface area (Å²) in [6.07, 6.45) is 9.56. The molecule has 1 heterocycles. The molecule has 3 rings (SSSR count). The van der Waals surface area contributed by atoms with Crippen molar-refractivity contribution in [3.63, 3.8) is 0 Å². The molecule has 0 aliphatic heterocycles. The molecule has 1 saturated carbocycles. The van der Waals surface area contributed by atoms with Crippen LogP contribution >= 0.6 is 0 Å². The Hall–Kier alpha value is -2.04. The standard InChI is InChI=1S/C29H44N2O6S/c32-22-26-27(33)17-16-25(31-26)28(34)21-30-18-8-1-2-9-19-37-20-10-7-12-23-11-3-6-15-29(23)38(35,36)24-13-4-5-14-24/h3,6,11,15-17,24,28,30,32-34H,1-2,4-5,7-10,12-14,18-22H2. The van der Waals surface area contributed by atoms with Crippen LogP contribution in [0.25, 0.3) is 0 Å². The highest BCUT2D eigenvalue weighted by Crippen LogP contribution is 2.31. The van der Waals surface area contributed by atoms with Gasteiger partial charge in [-0.1, -0.05) is 43.9 Å². The quantitative estimate of drug-likeness (QED) is 0.204. The number of rotatable bonds is 18. The van der Waals surface area contributed by atoms with Crippen LogP contribution in [0.5, 0.6) is 5.75 Å². The van der Waals surface area contributed by atoms with Crippen molar-refractivity contribution in [3.8, 4) is 5.75 Å². The number of aliphatic hydroxyl groups is 2. The number of ether oxygens (including phenoxy) is 1. The van der Waals surface area contributed by atoms with Gasteiger partial charge in [-0.25, -0.2) is 13.4 Å². The average Bonchev–Trinajstić information content (AvgIpc) is 3.48. The van der Waals surface area contributed by atoms with Gasteiger partial charge in [-0.2, -0.15) is 0 Å². The second-order valence-electron chi connectivity index (χ2n) is 10.1. The van der Waals surface area contributed by atoms with Crippen LogP contribution in [0.1, 0.15) is 87.3 Å². The molecule has 0 saturated heterocycles. The predicted octanol–water partition coefficient (Wildman–Crippen LogP) is 4.22. The van der Waals surface area contributed by atoms with Gasteiger partial charge in [-0.3, -0.25) is 0 Å². The Kier molecular flexibility index (Phi) is 13.0. The topological polar surface area (TPSA) is 129 Å². The smallest absolute Gasteiger partial charge is 0.181 e. The summed E-state index contributed by atoms with van der Waals surface area (Å²) in [4.78, 5) is 4.61. The summed E-state index contributed by atoms with van der Waals surface area (Å²) >= 11 is 0. The van der Waals surface area contributed by atoms with Gasteiger partial charge in [0, 0.05) is 19.8 Å². The van der Waals surface area contributed by atoms with Crippen LogP contribution in [0.2, 0.25) is 0 Å². The summed E-state index contributed by atoms with van der Waals surface area (Å²) in [7, 11) is -3.22. The van der Waals surface area contributed by atoms with Crippen LogP contribution in [0.15, 0.2) is 41.3 Å². The van der Waals surface area contributed by atoms with Crippen molar-refractivity contribution >= 4 is 9.84 Å². The van der Waals surface area contributed by atoms with E-state index in [4.69, 9.17) is 4.74 Å². The minimum absolute atomic E-state index is 0.0754. The highest BCUT2D eigenvalue weighted by molar-refractivity contribution is 7.92. The monoisotopic (exact) mass is 548 g/mol. The number of aryl methyl sites for hydroxylation is 1. The van der Waals surface area contributed by atoms with Gasteiger partial charge in [0.05, 0.1) is 22.4 Å². The molecule has 0 bridgehead atoms. The van der Waals surface area contributed by atoms with Gasteiger partial charge in [0.1, 0.15) is 17.5 Å². The molecule has 0 amide bonds. The van der Waals surface area contributed by atoms with Crippen LogP contribution in [0.4, 0.5) is 0 Å². The van der Waals surface area contributed by atoms with Crippen LogP contribution in [0, 0.1) is 0 Å². The lowest BCUT2D eigenvalue weighted by Gasteiger charge is -2.15. The van der Waals surface area contributed by atoms with E-state index >= 15 is 0 Å². The van der Waals surface area contributed by atoms with Crippen LogP contribution < -0.4 is 5.32 Å². The average molecular weight is 549 g/mol. The Bertz CT molecular complexity index is 1070. The van der Waals surface area contributed by atoms with Gasteiger partial charge >= 0.3 is 0 Å². The van der Waals surface area contributed by atoms with Crippen LogP contribution in [0.3, 0.4) is 0 Å². The molecule has 1 aromatic carbocycles. The van der Waals surface area contributed by atoms with Crippen LogP contribution in [-0.2, 0) is 27.6 Å². The lowest BCUT2D eigenvalue weighted by Crippen LogP contribution is -2.23. The Labute approximate surface area is 227 Å². The van der Waals surface area contributed by atoms with Gasteiger partial charge in [0.2, 0.25) is 0 Å². The zero-order chi connectivity index (χ0) is 27.2. The van der Waals surface area contributed by atoms with E-state index in [9.17, 15) is 23.7 Å². The van der Waals surface area contributed by atoms with Gasteiger partial charge in [0.25, 0.3) is 0 Å². The second kappa shape index (κ2) is 16.2. The van der Waals surface area contributed by atoms with E-state index in [1.807, 2.05) is 18.2 Å². The maximum atomic E-state index is 13.0. The molecule has 1 aromatic heterocycles. The summed E-state index contributed by atoms with van der Waals surface area (Å²) in [5.74, 6) is -0.0754. The maximum absolute atomic E-state index is 13.0. The number of nitrogens with zero attached hydrogens (tertiary/aromatic N) is 1. The van der Waals surface area contributed by atoms with E-state index < -0.39 is 15.9 Å². The zero-order valence-electron chi connectivity index (χ0n) is 22.4. The summed E-state index contributed by atoms with van der Waals surface area (Å²) in [5, 5.41) is 32.0. The molecule has 0 spiro atoms. The lowest BCUT2D eigenvalue weighted by molar-refractivity contribution is 0.126. The lowest BCUT2D eigenvalue weighted by atomic mass is 10.1. The van der Waals surface area contributed by atoms with E-state index in [1.54, 1.807) is 12.1 Å². The number of aromatic nitrogens is 1. The summed E-state index contributed by atoms with van der Waals surface area (Å²) < 4.78 is 31.9. The molecule has 2 aromatic rings. The maximum Gasteiger partial charge on any atom is 0.181 e. The minimum Gasteiger partial charge on any atom is -0.506 e. The first-order valence-electron chi connectivity index (χ1n) is 14.0. The molecule has 1 fully saturated rings. The molecular formula is C29H44N2O6S. The number of hydrogen-bond acceptors (Lipinski definition) is 8. The summed E-state index contributed by atoms with van der Waals surface area (Å²) in [6, 6.07) is 10.5. The van der Waals surface area contributed by atoms with E-state index in [-0.39, 0.29) is 23.3 Å². The normalized spacial score (nSPS) is 15.2. The first-order chi connectivity index (χ1) is 18.4. The fourth-order valence-corrected chi connectivity index (χ4v) is 7.07. The molecule has 1 aliphatic carbocycles. The fraction of sp³-hybridized carbons (Fsp3) is 0.621. The first kappa shape index (κ1) is 30.5. The summed E-state index contributed by atoms with van der Waals surface area (Å²) in [5.41, 5.74) is 1.53. The predicted molar refractivity (Wildman–Crippen MR) is 148 cm³/mol. The fourth-order valence-electron chi connectivity index (χ4n) is 4.95. The third-order valence-electron chi connectivity index (χ3n) is 7.20. The van der Waals surface area contributed by atoms with E-state index in [0.29, 0.717) is 23.7 Å². The first-order valence-corrected chi connectivity index (χ1v) is 15.6. The molecule has 0 radical (unpaired) electrons. The van der Waals surface area contributed by atoms with E-state index in [1.165, 1.54) is 6.07 Å². The number of benzene rings is 1. The second-order valence-corrected chi connectivity index (χ2v) is 12.3. The van der Waals surface area contributed by atoms with E-state index in [0.717, 1.165) is 89.3 Å². The molecular weight excluding hydrogens is 504 g/mol. The Morgan fingerprint density at radius 1 is 0.974 bits per heavy atom. The molecule has 1 atom stereocenters. The number of aliphatic hydroxyl groups excluding tert-OH is 2. The van der Waals surface area contributed by atoms with Crippen molar-refractivity contribution in [2.45, 2.75) is 93.5 Å². The number of pyridine rings is 1. The Morgan fingerprint density at radius 3 is 2.45 bits per heavy atom. The van der Waals surface area contributed by atoms with Crippen molar-refractivity contribution < 1.29 is 28.5 Å². The number of nitrogens with one attached hydrogen (secondary N) is 1. The van der Waals surface area contributed by atoms with Crippen molar-refractivity contribution in [2.75, 3.05) is 26.3 Å². The molecule has 4 N–H and O–H groups in total. The number of aromatic hydroxyl groups is 1. The van der Waals surface area contributed by atoms with Gasteiger partial charge < -0.3 is 25.4 Å². The van der Waals surface area contributed by atoms with Crippen molar-refractivity contribution in [3.05, 3.63) is 53.3 Å².